The summed E-state index contributed by atoms with van der Waals surface area (Å²) in [4.78, 5) is 18.7. The molecule has 1 atom stereocenters. The molecular weight excluding hydrogens is 337 g/mol. The topological polar surface area (TPSA) is 40.5 Å². The molecular formula is C12H27O2PS2Zn. The Labute approximate surface area is 134 Å². The van der Waals surface area contributed by atoms with Crippen LogP contribution in [-0.2, 0) is 31.3 Å². The minimum absolute atomic E-state index is 0. The van der Waals surface area contributed by atoms with E-state index in [4.69, 9.17) is 11.8 Å². The molecule has 0 rings (SSSR count). The summed E-state index contributed by atoms with van der Waals surface area (Å²) in [5.41, 5.74) is -3.07. The fourth-order valence-electron chi connectivity index (χ4n) is 1.85. The largest absolute Gasteiger partial charge is 0.338 e. The standard InChI is InChI=1S/C12H27O2PS2.Zn/c1-3-5-7-8-9-11-12(10-6-4-2)17-15(13,14)16;/h12H,3-11H2,1-2H3,(H2,13,14,16);. The quantitative estimate of drug-likeness (QED) is 0.313. The van der Waals surface area contributed by atoms with E-state index in [1.54, 1.807) is 0 Å². The molecule has 6 heteroatoms. The van der Waals surface area contributed by atoms with Crippen molar-refractivity contribution in [3.05, 3.63) is 0 Å². The van der Waals surface area contributed by atoms with Crippen LogP contribution in [0.5, 0.6) is 0 Å². The Hall–Kier alpha value is 1.54. The van der Waals surface area contributed by atoms with Gasteiger partial charge in [0.25, 0.3) is 0 Å². The average Bonchev–Trinajstić information content (AvgIpc) is 2.23. The SMILES string of the molecule is CCCCCCCC(CCCC)SP(O)(O)=S.[Zn]. The molecule has 0 heterocycles. The third-order valence-corrected chi connectivity index (χ3v) is 6.33. The Bertz CT molecular complexity index is 224. The molecule has 1 unspecified atom stereocenters. The minimum Gasteiger partial charge on any atom is -0.338 e. The van der Waals surface area contributed by atoms with Crippen LogP contribution in [0.25, 0.3) is 0 Å². The van der Waals surface area contributed by atoms with Gasteiger partial charge in [-0.1, -0.05) is 70.2 Å². The average molecular weight is 364 g/mol. The Morgan fingerprint density at radius 3 is 1.94 bits per heavy atom. The third-order valence-electron chi connectivity index (χ3n) is 2.80. The zero-order valence-corrected chi connectivity index (χ0v) is 17.3. The molecule has 0 spiro atoms. The van der Waals surface area contributed by atoms with Gasteiger partial charge in [0, 0.05) is 24.7 Å². The summed E-state index contributed by atoms with van der Waals surface area (Å²) < 4.78 is 0. The Balaban J connectivity index is 0. The van der Waals surface area contributed by atoms with Crippen LogP contribution in [0.2, 0.25) is 0 Å². The molecule has 2 N–H and O–H groups in total. The molecule has 0 aliphatic heterocycles. The van der Waals surface area contributed by atoms with E-state index >= 15 is 0 Å². The van der Waals surface area contributed by atoms with E-state index in [1.165, 1.54) is 43.5 Å². The molecule has 0 aromatic carbocycles. The second-order valence-corrected chi connectivity index (χ2v) is 10.8. The van der Waals surface area contributed by atoms with Gasteiger partial charge in [0.2, 0.25) is 5.69 Å². The molecule has 0 saturated carbocycles. The number of hydrogen-bond donors (Lipinski definition) is 2. The van der Waals surface area contributed by atoms with Gasteiger partial charge in [-0.25, -0.2) is 0 Å². The molecule has 0 radical (unpaired) electrons. The van der Waals surface area contributed by atoms with Crippen molar-refractivity contribution in [1.29, 1.82) is 0 Å². The van der Waals surface area contributed by atoms with E-state index in [-0.39, 0.29) is 19.5 Å². The minimum atomic E-state index is -3.07. The van der Waals surface area contributed by atoms with Gasteiger partial charge < -0.3 is 9.79 Å². The van der Waals surface area contributed by atoms with E-state index in [0.717, 1.165) is 25.7 Å². The first-order chi connectivity index (χ1) is 7.99. The monoisotopic (exact) mass is 362 g/mol. The van der Waals surface area contributed by atoms with Crippen LogP contribution in [-0.4, -0.2) is 15.0 Å². The zero-order chi connectivity index (χ0) is 13.1. The summed E-state index contributed by atoms with van der Waals surface area (Å²) in [6.07, 6.45) is 10.8. The predicted octanol–water partition coefficient (Wildman–Crippen LogP) is 4.85. The smallest absolute Gasteiger partial charge is 0.242 e. The predicted molar refractivity (Wildman–Crippen MR) is 83.0 cm³/mol. The Morgan fingerprint density at radius 1 is 0.944 bits per heavy atom. The summed E-state index contributed by atoms with van der Waals surface area (Å²) in [5.74, 6) is 0. The van der Waals surface area contributed by atoms with E-state index in [2.05, 4.69) is 13.8 Å². The first kappa shape index (κ1) is 21.8. The summed E-state index contributed by atoms with van der Waals surface area (Å²) >= 11 is 5.96. The van der Waals surface area contributed by atoms with E-state index < -0.39 is 5.69 Å². The van der Waals surface area contributed by atoms with Crippen LogP contribution < -0.4 is 0 Å². The molecule has 18 heavy (non-hydrogen) atoms. The van der Waals surface area contributed by atoms with Gasteiger partial charge >= 0.3 is 0 Å². The van der Waals surface area contributed by atoms with Crippen LogP contribution in [0.3, 0.4) is 0 Å². The van der Waals surface area contributed by atoms with Gasteiger partial charge in [-0.2, -0.15) is 0 Å². The summed E-state index contributed by atoms with van der Waals surface area (Å²) in [7, 11) is 0. The maximum absolute atomic E-state index is 9.37. The fourth-order valence-corrected chi connectivity index (χ4v) is 5.68. The molecule has 106 valence electrons. The Morgan fingerprint density at radius 2 is 1.44 bits per heavy atom. The number of rotatable bonds is 11. The van der Waals surface area contributed by atoms with Crippen molar-refractivity contribution in [1.82, 2.24) is 0 Å². The summed E-state index contributed by atoms with van der Waals surface area (Å²) in [5, 5.41) is 0.345. The van der Waals surface area contributed by atoms with Crippen molar-refractivity contribution in [2.75, 3.05) is 0 Å². The van der Waals surface area contributed by atoms with Crippen molar-refractivity contribution < 1.29 is 29.3 Å². The number of unbranched alkanes of at least 4 members (excludes halogenated alkanes) is 5. The third kappa shape index (κ3) is 15.6. The normalized spacial score (nSPS) is 13.1. The van der Waals surface area contributed by atoms with Crippen molar-refractivity contribution >= 4 is 28.9 Å². The van der Waals surface area contributed by atoms with Gasteiger partial charge in [0.15, 0.2) is 0 Å². The molecule has 0 aliphatic rings. The molecule has 0 amide bonds. The van der Waals surface area contributed by atoms with Crippen molar-refractivity contribution in [3.8, 4) is 0 Å². The van der Waals surface area contributed by atoms with Crippen LogP contribution in [0.1, 0.15) is 71.6 Å². The van der Waals surface area contributed by atoms with Crippen LogP contribution in [0.15, 0.2) is 0 Å². The van der Waals surface area contributed by atoms with Crippen molar-refractivity contribution in [2.45, 2.75) is 76.9 Å². The molecule has 0 saturated heterocycles. The zero-order valence-electron chi connectivity index (χ0n) is 11.8. The molecule has 0 fully saturated rings. The second kappa shape index (κ2) is 13.5. The molecule has 2 nitrogen and oxygen atoms in total. The molecule has 0 bridgehead atoms. The first-order valence-corrected chi connectivity index (χ1v) is 10.9. The second-order valence-electron chi connectivity index (χ2n) is 4.56. The molecule has 0 aliphatic carbocycles. The van der Waals surface area contributed by atoms with Gasteiger partial charge in [-0.15, -0.1) is 0 Å². The maximum Gasteiger partial charge on any atom is 0.242 e. The van der Waals surface area contributed by atoms with E-state index in [0.29, 0.717) is 5.25 Å². The fraction of sp³-hybridized carbons (Fsp3) is 1.00. The van der Waals surface area contributed by atoms with Crippen LogP contribution in [0.4, 0.5) is 0 Å². The van der Waals surface area contributed by atoms with Gasteiger partial charge in [0.05, 0.1) is 0 Å². The summed E-state index contributed by atoms with van der Waals surface area (Å²) in [6, 6.07) is 0. The maximum atomic E-state index is 9.37. The first-order valence-electron chi connectivity index (χ1n) is 6.73. The molecule has 0 aromatic rings. The summed E-state index contributed by atoms with van der Waals surface area (Å²) in [6.45, 7) is 4.38. The van der Waals surface area contributed by atoms with E-state index in [9.17, 15) is 9.79 Å². The van der Waals surface area contributed by atoms with Crippen LogP contribution in [0, 0.1) is 0 Å². The van der Waals surface area contributed by atoms with Crippen molar-refractivity contribution in [2.24, 2.45) is 0 Å². The Kier molecular flexibility index (Phi) is 16.4. The van der Waals surface area contributed by atoms with Gasteiger partial charge in [-0.05, 0) is 24.6 Å². The number of hydrogen-bond acceptors (Lipinski definition) is 2. The van der Waals surface area contributed by atoms with Gasteiger partial charge in [-0.3, -0.25) is 0 Å². The van der Waals surface area contributed by atoms with Gasteiger partial charge in [0.1, 0.15) is 0 Å². The van der Waals surface area contributed by atoms with E-state index in [1.807, 2.05) is 0 Å². The van der Waals surface area contributed by atoms with Crippen LogP contribution >= 0.6 is 17.1 Å². The molecule has 0 aromatic heterocycles. The van der Waals surface area contributed by atoms with Crippen molar-refractivity contribution in [3.63, 3.8) is 0 Å².